The molecule has 0 aromatic heterocycles. The lowest BCUT2D eigenvalue weighted by molar-refractivity contribution is 0.104. The number of hydrogen-bond acceptors (Lipinski definition) is 2. The summed E-state index contributed by atoms with van der Waals surface area (Å²) >= 11 is 0. The average Bonchev–Trinajstić information content (AvgIpc) is 1.79. The van der Waals surface area contributed by atoms with Crippen molar-refractivity contribution in [3.05, 3.63) is 0 Å². The Morgan fingerprint density at radius 3 is 2.62 bits per heavy atom. The molecule has 2 atom stereocenters. The number of methoxy groups -OCH3 is 1. The lowest BCUT2D eigenvalue weighted by Crippen LogP contribution is -2.53. The van der Waals surface area contributed by atoms with Gasteiger partial charge in [-0.1, -0.05) is 6.92 Å². The predicted octanol–water partition coefficient (Wildman–Crippen LogP) is 0.241. The van der Waals surface area contributed by atoms with Crippen molar-refractivity contribution in [2.45, 2.75) is 13.0 Å². The fourth-order valence-corrected chi connectivity index (χ4v) is 0.923. The molecule has 0 aromatic rings. The average molecular weight is 115 g/mol. The maximum Gasteiger partial charge on any atom is 0.0618 e. The largest absolute Gasteiger partial charge is 0.383 e. The quantitative estimate of drug-likeness (QED) is 0.556. The van der Waals surface area contributed by atoms with E-state index in [0.29, 0.717) is 6.04 Å². The van der Waals surface area contributed by atoms with Crippen molar-refractivity contribution in [3.8, 4) is 0 Å². The maximum absolute atomic E-state index is 4.95. The molecule has 8 heavy (non-hydrogen) atoms. The van der Waals surface area contributed by atoms with E-state index < -0.39 is 0 Å². The summed E-state index contributed by atoms with van der Waals surface area (Å²) in [4.78, 5) is 0. The van der Waals surface area contributed by atoms with Gasteiger partial charge in [-0.05, 0) is 12.5 Å². The molecule has 2 nitrogen and oxygen atoms in total. The van der Waals surface area contributed by atoms with Crippen molar-refractivity contribution in [2.75, 3.05) is 20.3 Å². The Kier molecular flexibility index (Phi) is 1.86. The molecule has 2 heteroatoms. The lowest BCUT2D eigenvalue weighted by Gasteiger charge is -2.34. The molecule has 0 saturated carbocycles. The highest BCUT2D eigenvalue weighted by Crippen LogP contribution is 2.10. The highest BCUT2D eigenvalue weighted by atomic mass is 16.5. The van der Waals surface area contributed by atoms with Crippen LogP contribution in [-0.4, -0.2) is 26.3 Å². The third kappa shape index (κ3) is 1.01. The summed E-state index contributed by atoms with van der Waals surface area (Å²) in [5.74, 6) is 0.815. The Balaban J connectivity index is 2.08. The van der Waals surface area contributed by atoms with Crippen molar-refractivity contribution in [1.29, 1.82) is 0 Å². The van der Waals surface area contributed by atoms with Crippen molar-refractivity contribution in [1.82, 2.24) is 5.32 Å². The molecular weight excluding hydrogens is 102 g/mol. The molecule has 1 saturated heterocycles. The molecule has 1 N–H and O–H groups in total. The lowest BCUT2D eigenvalue weighted by atomic mass is 9.95. The zero-order chi connectivity index (χ0) is 5.98. The fourth-order valence-electron chi connectivity index (χ4n) is 0.923. The summed E-state index contributed by atoms with van der Waals surface area (Å²) in [6.45, 7) is 4.26. The number of hydrogen-bond donors (Lipinski definition) is 1. The monoisotopic (exact) mass is 115 g/mol. The summed E-state index contributed by atoms with van der Waals surface area (Å²) in [7, 11) is 1.74. The van der Waals surface area contributed by atoms with Crippen molar-refractivity contribution < 1.29 is 4.74 Å². The number of rotatable bonds is 2. The van der Waals surface area contributed by atoms with Crippen LogP contribution >= 0.6 is 0 Å². The number of nitrogens with one attached hydrogen (secondary N) is 1. The maximum atomic E-state index is 4.95. The first kappa shape index (κ1) is 6.05. The summed E-state index contributed by atoms with van der Waals surface area (Å²) in [6.07, 6.45) is 0. The first-order chi connectivity index (χ1) is 3.84. The summed E-state index contributed by atoms with van der Waals surface area (Å²) in [5.41, 5.74) is 0. The molecule has 1 aliphatic heterocycles. The van der Waals surface area contributed by atoms with E-state index in [1.807, 2.05) is 0 Å². The van der Waals surface area contributed by atoms with Gasteiger partial charge in [0.15, 0.2) is 0 Å². The molecule has 0 radical (unpaired) electrons. The molecule has 1 fully saturated rings. The first-order valence-corrected chi connectivity index (χ1v) is 3.07. The molecule has 0 aliphatic carbocycles. The van der Waals surface area contributed by atoms with E-state index in [9.17, 15) is 0 Å². The minimum Gasteiger partial charge on any atom is -0.383 e. The van der Waals surface area contributed by atoms with Crippen LogP contribution in [0.3, 0.4) is 0 Å². The van der Waals surface area contributed by atoms with Gasteiger partial charge in [0.2, 0.25) is 0 Å². The molecule has 0 unspecified atom stereocenters. The third-order valence-electron chi connectivity index (χ3n) is 1.74. The predicted molar refractivity (Wildman–Crippen MR) is 32.8 cm³/mol. The normalized spacial score (nSPS) is 36.8. The summed E-state index contributed by atoms with van der Waals surface area (Å²) in [5, 5.41) is 3.27. The van der Waals surface area contributed by atoms with Crippen LogP contribution in [0, 0.1) is 5.92 Å². The third-order valence-corrected chi connectivity index (χ3v) is 1.74. The zero-order valence-corrected chi connectivity index (χ0v) is 5.48. The Hall–Kier alpha value is -0.0800. The molecular formula is C6H13NO. The standard InChI is InChI=1S/C6H13NO/c1-5-3-7-6(5)4-8-2/h5-7H,3-4H2,1-2H3/t5-,6+/m1/s1. The summed E-state index contributed by atoms with van der Waals surface area (Å²) < 4.78 is 4.95. The molecule has 0 aromatic carbocycles. The minimum atomic E-state index is 0.625. The second-order valence-electron chi connectivity index (χ2n) is 2.45. The van der Waals surface area contributed by atoms with Gasteiger partial charge < -0.3 is 10.1 Å². The van der Waals surface area contributed by atoms with Crippen LogP contribution in [0.5, 0.6) is 0 Å². The van der Waals surface area contributed by atoms with E-state index in [4.69, 9.17) is 4.74 Å². The smallest absolute Gasteiger partial charge is 0.0618 e. The van der Waals surface area contributed by atoms with Gasteiger partial charge in [0.05, 0.1) is 6.61 Å². The Morgan fingerprint density at radius 2 is 2.50 bits per heavy atom. The van der Waals surface area contributed by atoms with Crippen LogP contribution in [0.25, 0.3) is 0 Å². The van der Waals surface area contributed by atoms with Crippen LogP contribution in [-0.2, 0) is 4.74 Å². The van der Waals surface area contributed by atoms with Crippen LogP contribution < -0.4 is 5.32 Å². The SMILES string of the molecule is COC[C@@H]1NC[C@H]1C. The molecule has 48 valence electrons. The van der Waals surface area contributed by atoms with Crippen LogP contribution in [0.1, 0.15) is 6.92 Å². The fraction of sp³-hybridized carbons (Fsp3) is 1.00. The van der Waals surface area contributed by atoms with Crippen molar-refractivity contribution >= 4 is 0 Å². The molecule has 1 aliphatic rings. The number of ether oxygens (including phenoxy) is 1. The highest BCUT2D eigenvalue weighted by Gasteiger charge is 2.24. The topological polar surface area (TPSA) is 21.3 Å². The molecule has 1 heterocycles. The highest BCUT2D eigenvalue weighted by molar-refractivity contribution is 4.84. The van der Waals surface area contributed by atoms with Gasteiger partial charge in [0.25, 0.3) is 0 Å². The zero-order valence-electron chi connectivity index (χ0n) is 5.48. The molecule has 1 rings (SSSR count). The van der Waals surface area contributed by atoms with E-state index >= 15 is 0 Å². The van der Waals surface area contributed by atoms with Gasteiger partial charge in [0.1, 0.15) is 0 Å². The Morgan fingerprint density at radius 1 is 1.75 bits per heavy atom. The molecule has 0 bridgehead atoms. The van der Waals surface area contributed by atoms with E-state index in [-0.39, 0.29) is 0 Å². The van der Waals surface area contributed by atoms with Gasteiger partial charge in [0, 0.05) is 13.2 Å². The van der Waals surface area contributed by atoms with E-state index in [1.165, 1.54) is 0 Å². The Labute approximate surface area is 50.2 Å². The second kappa shape index (κ2) is 2.46. The molecule has 0 amide bonds. The Bertz CT molecular complexity index is 74.9. The van der Waals surface area contributed by atoms with Crippen LogP contribution in [0.4, 0.5) is 0 Å². The van der Waals surface area contributed by atoms with E-state index in [2.05, 4.69) is 12.2 Å². The van der Waals surface area contributed by atoms with Gasteiger partial charge in [-0.3, -0.25) is 0 Å². The molecule has 0 spiro atoms. The van der Waals surface area contributed by atoms with Crippen LogP contribution in [0.15, 0.2) is 0 Å². The van der Waals surface area contributed by atoms with Crippen molar-refractivity contribution in [2.24, 2.45) is 5.92 Å². The van der Waals surface area contributed by atoms with Gasteiger partial charge >= 0.3 is 0 Å². The van der Waals surface area contributed by atoms with Gasteiger partial charge in [-0.2, -0.15) is 0 Å². The van der Waals surface area contributed by atoms with E-state index in [1.54, 1.807) is 7.11 Å². The van der Waals surface area contributed by atoms with Gasteiger partial charge in [-0.15, -0.1) is 0 Å². The second-order valence-corrected chi connectivity index (χ2v) is 2.45. The minimum absolute atomic E-state index is 0.625. The van der Waals surface area contributed by atoms with Gasteiger partial charge in [-0.25, -0.2) is 0 Å². The van der Waals surface area contributed by atoms with E-state index in [0.717, 1.165) is 19.1 Å². The summed E-state index contributed by atoms with van der Waals surface area (Å²) in [6, 6.07) is 0.625. The first-order valence-electron chi connectivity index (χ1n) is 3.07. The van der Waals surface area contributed by atoms with Crippen molar-refractivity contribution in [3.63, 3.8) is 0 Å². The van der Waals surface area contributed by atoms with Crippen LogP contribution in [0.2, 0.25) is 0 Å².